The lowest BCUT2D eigenvalue weighted by Gasteiger charge is -1.92. The average Bonchev–Trinajstić information content (AvgIpc) is 1.85. The number of aromatic nitrogens is 1. The number of halogens is 2. The Hall–Kier alpha value is -0.450. The van der Waals surface area contributed by atoms with E-state index in [0.29, 0.717) is 14.5 Å². The van der Waals surface area contributed by atoms with Gasteiger partial charge in [0, 0.05) is 6.07 Å². The van der Waals surface area contributed by atoms with Crippen molar-refractivity contribution in [3.05, 3.63) is 21.0 Å². The van der Waals surface area contributed by atoms with E-state index in [2.05, 4.69) is 9.98 Å². The quantitative estimate of drug-likeness (QED) is 0.343. The Kier molecular flexibility index (Phi) is 2.99. The van der Waals surface area contributed by atoms with Gasteiger partial charge in [-0.1, -0.05) is 11.6 Å². The van der Waals surface area contributed by atoms with E-state index in [-0.39, 0.29) is 0 Å². The molecule has 56 valence electrons. The molecule has 0 spiro atoms. The summed E-state index contributed by atoms with van der Waals surface area (Å²) in [4.78, 5) is 17.1. The van der Waals surface area contributed by atoms with Gasteiger partial charge in [-0.05, 0) is 28.7 Å². The predicted octanol–water partition coefficient (Wildman–Crippen LogP) is 2.31. The smallest absolute Gasteiger partial charge is 0.230 e. The van der Waals surface area contributed by atoms with Gasteiger partial charge in [0.1, 0.15) is 8.85 Å². The number of hydrogen-bond acceptors (Lipinski definition) is 3. The summed E-state index contributed by atoms with van der Waals surface area (Å²) in [6, 6.07) is 3.13. The van der Waals surface area contributed by atoms with Crippen LogP contribution < -0.4 is 0 Å². The van der Waals surface area contributed by atoms with Crippen molar-refractivity contribution in [3.63, 3.8) is 0 Å². The van der Waals surface area contributed by atoms with Crippen molar-refractivity contribution in [1.82, 2.24) is 4.98 Å². The molecule has 0 unspecified atom stereocenters. The zero-order chi connectivity index (χ0) is 8.27. The Bertz CT molecular complexity index is 302. The first-order valence-electron chi connectivity index (χ1n) is 2.63. The normalized spacial score (nSPS) is 8.91. The van der Waals surface area contributed by atoms with Crippen molar-refractivity contribution >= 4 is 46.0 Å². The van der Waals surface area contributed by atoms with Crippen LogP contribution in [0.4, 0.5) is 5.69 Å². The second-order valence-electron chi connectivity index (χ2n) is 1.67. The molecule has 0 aliphatic rings. The third kappa shape index (κ3) is 2.57. The van der Waals surface area contributed by atoms with Gasteiger partial charge in [0.05, 0.1) is 5.69 Å². The van der Waals surface area contributed by atoms with Crippen LogP contribution in [-0.4, -0.2) is 11.1 Å². The number of aliphatic imine (C=N–C) groups is 1. The third-order valence-electron chi connectivity index (χ3n) is 0.922. The first-order valence-corrected chi connectivity index (χ1v) is 4.09. The second-order valence-corrected chi connectivity index (χ2v) is 3.17. The molecule has 0 amide bonds. The van der Waals surface area contributed by atoms with Crippen LogP contribution in [0.3, 0.4) is 0 Å². The van der Waals surface area contributed by atoms with E-state index in [1.807, 2.05) is 22.6 Å². The minimum atomic E-state index is 0.325. The molecular formula is C6H2ClIN2O. The minimum Gasteiger partial charge on any atom is -0.230 e. The van der Waals surface area contributed by atoms with E-state index in [0.717, 1.165) is 0 Å². The summed E-state index contributed by atoms with van der Waals surface area (Å²) < 4.78 is 0.698. The van der Waals surface area contributed by atoms with Crippen LogP contribution in [0.2, 0.25) is 5.15 Å². The van der Waals surface area contributed by atoms with Crippen LogP contribution in [0.25, 0.3) is 0 Å². The number of isocyanates is 1. The van der Waals surface area contributed by atoms with Gasteiger partial charge in [0.15, 0.2) is 0 Å². The van der Waals surface area contributed by atoms with Gasteiger partial charge >= 0.3 is 0 Å². The van der Waals surface area contributed by atoms with Gasteiger partial charge in [-0.2, -0.15) is 4.99 Å². The number of hydrogen-bond donors (Lipinski definition) is 0. The summed E-state index contributed by atoms with van der Waals surface area (Å²) in [6.07, 6.45) is 1.42. The van der Waals surface area contributed by atoms with Crippen molar-refractivity contribution in [1.29, 1.82) is 0 Å². The van der Waals surface area contributed by atoms with Crippen LogP contribution in [0.5, 0.6) is 0 Å². The van der Waals surface area contributed by atoms with E-state index in [9.17, 15) is 4.79 Å². The molecule has 11 heavy (non-hydrogen) atoms. The van der Waals surface area contributed by atoms with Crippen LogP contribution in [0.1, 0.15) is 0 Å². The van der Waals surface area contributed by atoms with Gasteiger partial charge in [-0.3, -0.25) is 0 Å². The minimum absolute atomic E-state index is 0.325. The molecule has 0 aliphatic carbocycles. The Labute approximate surface area is 81.6 Å². The van der Waals surface area contributed by atoms with E-state index < -0.39 is 0 Å². The first-order chi connectivity index (χ1) is 5.22. The van der Waals surface area contributed by atoms with E-state index >= 15 is 0 Å². The van der Waals surface area contributed by atoms with Crippen molar-refractivity contribution < 1.29 is 4.79 Å². The second kappa shape index (κ2) is 3.80. The maximum Gasteiger partial charge on any atom is 0.240 e. The standard InChI is InChI=1S/C6H2ClIN2O/c7-5-1-4(9-3-11)2-6(8)10-5/h1-2H. The van der Waals surface area contributed by atoms with Gasteiger partial charge in [0.25, 0.3) is 0 Å². The van der Waals surface area contributed by atoms with Crippen LogP contribution >= 0.6 is 34.2 Å². The summed E-state index contributed by atoms with van der Waals surface area (Å²) in [5, 5.41) is 0.325. The van der Waals surface area contributed by atoms with Crippen molar-refractivity contribution in [2.24, 2.45) is 4.99 Å². The molecular weight excluding hydrogens is 278 g/mol. The molecule has 0 saturated heterocycles. The van der Waals surface area contributed by atoms with Crippen molar-refractivity contribution in [2.75, 3.05) is 0 Å². The molecule has 1 aromatic heterocycles. The average molecular weight is 280 g/mol. The SMILES string of the molecule is O=C=Nc1cc(Cl)nc(I)c1. The summed E-state index contributed by atoms with van der Waals surface area (Å²) in [5.74, 6) is 0. The van der Waals surface area contributed by atoms with E-state index in [4.69, 9.17) is 11.6 Å². The molecule has 0 fully saturated rings. The van der Waals surface area contributed by atoms with Crippen molar-refractivity contribution in [3.8, 4) is 0 Å². The molecule has 0 N–H and O–H groups in total. The summed E-state index contributed by atoms with van der Waals surface area (Å²) in [5.41, 5.74) is 0.476. The Morgan fingerprint density at radius 1 is 1.64 bits per heavy atom. The van der Waals surface area contributed by atoms with Gasteiger partial charge in [-0.15, -0.1) is 0 Å². The molecule has 1 aromatic rings. The monoisotopic (exact) mass is 280 g/mol. The van der Waals surface area contributed by atoms with Gasteiger partial charge in [-0.25, -0.2) is 9.78 Å². The maximum absolute atomic E-state index is 9.84. The molecule has 1 rings (SSSR count). The zero-order valence-electron chi connectivity index (χ0n) is 5.21. The maximum atomic E-state index is 9.84. The van der Waals surface area contributed by atoms with E-state index in [1.165, 1.54) is 12.1 Å². The highest BCUT2D eigenvalue weighted by Crippen LogP contribution is 2.18. The molecule has 0 aliphatic heterocycles. The fourth-order valence-corrected chi connectivity index (χ4v) is 1.49. The molecule has 3 nitrogen and oxygen atoms in total. The van der Waals surface area contributed by atoms with Crippen LogP contribution in [0.15, 0.2) is 17.1 Å². The fourth-order valence-electron chi connectivity index (χ4n) is 0.570. The summed E-state index contributed by atoms with van der Waals surface area (Å²) in [7, 11) is 0. The predicted molar refractivity (Wildman–Crippen MR) is 49.7 cm³/mol. The number of carbonyl (C=O) groups excluding carboxylic acids is 1. The summed E-state index contributed by atoms with van der Waals surface area (Å²) in [6.45, 7) is 0. The number of rotatable bonds is 1. The Morgan fingerprint density at radius 2 is 2.36 bits per heavy atom. The lowest BCUT2D eigenvalue weighted by Crippen LogP contribution is -1.79. The highest BCUT2D eigenvalue weighted by Gasteiger charge is 1.96. The largest absolute Gasteiger partial charge is 0.240 e. The first kappa shape index (κ1) is 8.64. The molecule has 0 atom stereocenters. The molecule has 0 saturated carbocycles. The molecule has 0 aromatic carbocycles. The molecule has 5 heteroatoms. The molecule has 0 bridgehead atoms. The lowest BCUT2D eigenvalue weighted by molar-refractivity contribution is 0.565. The van der Waals surface area contributed by atoms with Crippen LogP contribution in [-0.2, 0) is 4.79 Å². The van der Waals surface area contributed by atoms with Gasteiger partial charge < -0.3 is 0 Å². The van der Waals surface area contributed by atoms with Crippen LogP contribution in [0, 0.1) is 3.70 Å². The Balaban J connectivity index is 3.18. The van der Waals surface area contributed by atoms with Crippen molar-refractivity contribution in [2.45, 2.75) is 0 Å². The fraction of sp³-hybridized carbons (Fsp3) is 0. The number of nitrogens with zero attached hydrogens (tertiary/aromatic N) is 2. The van der Waals surface area contributed by atoms with E-state index in [1.54, 1.807) is 6.07 Å². The topological polar surface area (TPSA) is 42.3 Å². The highest BCUT2D eigenvalue weighted by molar-refractivity contribution is 14.1. The zero-order valence-corrected chi connectivity index (χ0v) is 8.13. The summed E-state index contributed by atoms with van der Waals surface area (Å²) >= 11 is 7.57. The highest BCUT2D eigenvalue weighted by atomic mass is 127. The van der Waals surface area contributed by atoms with Gasteiger partial charge in [0.2, 0.25) is 6.08 Å². The molecule has 0 radical (unpaired) electrons. The number of pyridine rings is 1. The lowest BCUT2D eigenvalue weighted by atomic mass is 10.4. The third-order valence-corrected chi connectivity index (χ3v) is 1.67. The Morgan fingerprint density at radius 3 is 2.91 bits per heavy atom. The molecule has 1 heterocycles.